The van der Waals surface area contributed by atoms with Crippen molar-refractivity contribution in [3.8, 4) is 0 Å². The van der Waals surface area contributed by atoms with Crippen LogP contribution in [-0.2, 0) is 16.6 Å². The minimum atomic E-state index is -3.95. The first kappa shape index (κ1) is 13.6. The molecule has 1 aromatic heterocycles. The number of rotatable bonds is 4. The van der Waals surface area contributed by atoms with Crippen molar-refractivity contribution < 1.29 is 17.2 Å². The third kappa shape index (κ3) is 2.77. The van der Waals surface area contributed by atoms with Gasteiger partial charge in [0.05, 0.1) is 12.8 Å². The van der Waals surface area contributed by atoms with Gasteiger partial charge in [-0.05, 0) is 30.3 Å². The maximum Gasteiger partial charge on any atom is 0.246 e. The molecule has 7 heteroatoms. The van der Waals surface area contributed by atoms with Crippen molar-refractivity contribution in [1.82, 2.24) is 4.31 Å². The maximum absolute atomic E-state index is 13.6. The number of benzene rings is 1. The molecule has 0 radical (unpaired) electrons. The van der Waals surface area contributed by atoms with E-state index >= 15 is 0 Å². The molecule has 0 aliphatic rings. The van der Waals surface area contributed by atoms with E-state index in [1.54, 1.807) is 12.1 Å². The predicted octanol–water partition coefficient (Wildman–Crippen LogP) is 1.82. The van der Waals surface area contributed by atoms with Gasteiger partial charge in [0.15, 0.2) is 0 Å². The Balaban J connectivity index is 2.33. The standard InChI is InChI=1S/C12H13FN2O3S/c1-15(8-10-3-2-6-18-10)19(16,17)12-7-9(14)4-5-11(12)13/h2-7H,8,14H2,1H3. The number of anilines is 1. The Hall–Kier alpha value is -1.86. The summed E-state index contributed by atoms with van der Waals surface area (Å²) < 4.78 is 44.1. The molecule has 0 bridgehead atoms. The van der Waals surface area contributed by atoms with Crippen molar-refractivity contribution in [2.45, 2.75) is 11.4 Å². The van der Waals surface area contributed by atoms with Crippen LogP contribution in [0, 0.1) is 5.82 Å². The SMILES string of the molecule is CN(Cc1ccco1)S(=O)(=O)c1cc(N)ccc1F. The van der Waals surface area contributed by atoms with Crippen LogP contribution in [0.25, 0.3) is 0 Å². The van der Waals surface area contributed by atoms with E-state index in [0.717, 1.165) is 16.4 Å². The molecule has 1 heterocycles. The van der Waals surface area contributed by atoms with Crippen LogP contribution in [0.5, 0.6) is 0 Å². The van der Waals surface area contributed by atoms with E-state index in [-0.39, 0.29) is 12.2 Å². The molecule has 19 heavy (non-hydrogen) atoms. The quantitative estimate of drug-likeness (QED) is 0.869. The van der Waals surface area contributed by atoms with Gasteiger partial charge in [-0.3, -0.25) is 0 Å². The zero-order chi connectivity index (χ0) is 14.0. The van der Waals surface area contributed by atoms with Crippen LogP contribution in [0.1, 0.15) is 5.76 Å². The second kappa shape index (κ2) is 5.02. The van der Waals surface area contributed by atoms with E-state index in [0.29, 0.717) is 5.76 Å². The molecule has 0 fully saturated rings. The van der Waals surface area contributed by atoms with Gasteiger partial charge >= 0.3 is 0 Å². The Morgan fingerprint density at radius 3 is 2.74 bits per heavy atom. The third-order valence-electron chi connectivity index (χ3n) is 2.60. The fraction of sp³-hybridized carbons (Fsp3) is 0.167. The van der Waals surface area contributed by atoms with Crippen molar-refractivity contribution in [3.05, 3.63) is 48.2 Å². The number of sulfonamides is 1. The maximum atomic E-state index is 13.6. The lowest BCUT2D eigenvalue weighted by molar-refractivity contribution is 0.404. The molecule has 5 nitrogen and oxygen atoms in total. The van der Waals surface area contributed by atoms with Crippen LogP contribution in [-0.4, -0.2) is 19.8 Å². The number of halogens is 1. The van der Waals surface area contributed by atoms with Gasteiger partial charge in [-0.15, -0.1) is 0 Å². The predicted molar refractivity (Wildman–Crippen MR) is 68.2 cm³/mol. The summed E-state index contributed by atoms with van der Waals surface area (Å²) in [6.07, 6.45) is 1.44. The second-order valence-electron chi connectivity index (χ2n) is 4.03. The Morgan fingerprint density at radius 1 is 1.37 bits per heavy atom. The number of nitrogens with two attached hydrogens (primary N) is 1. The van der Waals surface area contributed by atoms with Gasteiger partial charge in [-0.25, -0.2) is 12.8 Å². The fourth-order valence-electron chi connectivity index (χ4n) is 1.59. The summed E-state index contributed by atoms with van der Waals surface area (Å²) in [4.78, 5) is -0.443. The van der Waals surface area contributed by atoms with Crippen LogP contribution in [0.15, 0.2) is 45.9 Å². The Morgan fingerprint density at radius 2 is 2.11 bits per heavy atom. The van der Waals surface area contributed by atoms with E-state index in [9.17, 15) is 12.8 Å². The molecular formula is C12H13FN2O3S. The lowest BCUT2D eigenvalue weighted by atomic mass is 10.3. The van der Waals surface area contributed by atoms with E-state index in [1.807, 2.05) is 0 Å². The van der Waals surface area contributed by atoms with Crippen molar-refractivity contribution in [1.29, 1.82) is 0 Å². The summed E-state index contributed by atoms with van der Waals surface area (Å²) in [5.41, 5.74) is 5.68. The van der Waals surface area contributed by atoms with E-state index in [1.165, 1.54) is 19.4 Å². The first-order chi connectivity index (χ1) is 8.91. The van der Waals surface area contributed by atoms with Gasteiger partial charge in [0.25, 0.3) is 0 Å². The van der Waals surface area contributed by atoms with Gasteiger partial charge in [0.1, 0.15) is 16.5 Å². The lowest BCUT2D eigenvalue weighted by Gasteiger charge is -2.16. The first-order valence-electron chi connectivity index (χ1n) is 5.45. The molecule has 2 rings (SSSR count). The highest BCUT2D eigenvalue weighted by Gasteiger charge is 2.25. The van der Waals surface area contributed by atoms with Gasteiger partial charge in [0, 0.05) is 12.7 Å². The van der Waals surface area contributed by atoms with E-state index in [4.69, 9.17) is 10.2 Å². The molecule has 0 aliphatic carbocycles. The lowest BCUT2D eigenvalue weighted by Crippen LogP contribution is -2.27. The molecule has 1 aromatic carbocycles. The van der Waals surface area contributed by atoms with Gasteiger partial charge in [-0.1, -0.05) is 0 Å². The van der Waals surface area contributed by atoms with E-state index < -0.39 is 20.7 Å². The monoisotopic (exact) mass is 284 g/mol. The van der Waals surface area contributed by atoms with Crippen molar-refractivity contribution in [3.63, 3.8) is 0 Å². The number of hydrogen-bond acceptors (Lipinski definition) is 4. The molecule has 0 saturated carbocycles. The highest BCUT2D eigenvalue weighted by molar-refractivity contribution is 7.89. The minimum Gasteiger partial charge on any atom is -0.468 e. The fourth-order valence-corrected chi connectivity index (χ4v) is 2.82. The number of furan rings is 1. The molecule has 0 aliphatic heterocycles. The van der Waals surface area contributed by atoms with E-state index in [2.05, 4.69) is 0 Å². The Labute approximate surface area is 110 Å². The van der Waals surface area contributed by atoms with Crippen molar-refractivity contribution in [2.75, 3.05) is 12.8 Å². The van der Waals surface area contributed by atoms with Gasteiger partial charge in [-0.2, -0.15) is 4.31 Å². The van der Waals surface area contributed by atoms with Crippen molar-refractivity contribution >= 4 is 15.7 Å². The summed E-state index contributed by atoms with van der Waals surface area (Å²) >= 11 is 0. The molecule has 0 amide bonds. The third-order valence-corrected chi connectivity index (χ3v) is 4.42. The highest BCUT2D eigenvalue weighted by atomic mass is 32.2. The highest BCUT2D eigenvalue weighted by Crippen LogP contribution is 2.22. The molecule has 0 atom stereocenters. The number of nitrogen functional groups attached to an aromatic ring is 1. The number of hydrogen-bond donors (Lipinski definition) is 1. The molecule has 0 saturated heterocycles. The summed E-state index contributed by atoms with van der Waals surface area (Å²) in [5, 5.41) is 0. The van der Waals surface area contributed by atoms with Crippen LogP contribution in [0.4, 0.5) is 10.1 Å². The Bertz CT molecular complexity index is 668. The second-order valence-corrected chi connectivity index (χ2v) is 6.04. The Kier molecular flexibility index (Phi) is 3.59. The number of nitrogens with zero attached hydrogens (tertiary/aromatic N) is 1. The van der Waals surface area contributed by atoms with Gasteiger partial charge in [0.2, 0.25) is 10.0 Å². The van der Waals surface area contributed by atoms with Crippen LogP contribution in [0.3, 0.4) is 0 Å². The topological polar surface area (TPSA) is 76.5 Å². The van der Waals surface area contributed by atoms with Crippen LogP contribution in [0.2, 0.25) is 0 Å². The minimum absolute atomic E-state index is 0.0174. The molecular weight excluding hydrogens is 271 g/mol. The summed E-state index contributed by atoms with van der Waals surface area (Å²) in [6.45, 7) is 0.0174. The summed E-state index contributed by atoms with van der Waals surface area (Å²) in [6, 6.07) is 6.73. The van der Waals surface area contributed by atoms with Crippen molar-refractivity contribution in [2.24, 2.45) is 0 Å². The normalized spacial score (nSPS) is 11.9. The largest absolute Gasteiger partial charge is 0.468 e. The first-order valence-corrected chi connectivity index (χ1v) is 6.89. The molecule has 0 spiro atoms. The smallest absolute Gasteiger partial charge is 0.246 e. The zero-order valence-electron chi connectivity index (χ0n) is 10.2. The molecule has 0 unspecified atom stereocenters. The molecule has 2 aromatic rings. The summed E-state index contributed by atoms with van der Waals surface area (Å²) in [7, 11) is -2.60. The zero-order valence-corrected chi connectivity index (χ0v) is 11.0. The average Bonchev–Trinajstić information content (AvgIpc) is 2.85. The molecule has 102 valence electrons. The summed E-state index contributed by atoms with van der Waals surface area (Å²) in [5.74, 6) is -0.365. The van der Waals surface area contributed by atoms with Crippen LogP contribution < -0.4 is 5.73 Å². The average molecular weight is 284 g/mol. The van der Waals surface area contributed by atoms with Gasteiger partial charge < -0.3 is 10.2 Å². The van der Waals surface area contributed by atoms with Crippen LogP contribution >= 0.6 is 0 Å². The molecule has 2 N–H and O–H groups in total.